The molecule has 2 N–H and O–H groups in total. The second-order valence-corrected chi connectivity index (χ2v) is 4.78. The molecule has 0 aliphatic rings. The summed E-state index contributed by atoms with van der Waals surface area (Å²) in [5.74, 6) is 1.85. The van der Waals surface area contributed by atoms with Gasteiger partial charge in [-0.2, -0.15) is 0 Å². The van der Waals surface area contributed by atoms with Crippen molar-refractivity contribution in [1.82, 2.24) is 5.32 Å². The van der Waals surface area contributed by atoms with Gasteiger partial charge in [0.2, 0.25) is 0 Å². The van der Waals surface area contributed by atoms with E-state index in [9.17, 15) is 5.11 Å². The summed E-state index contributed by atoms with van der Waals surface area (Å²) in [6.07, 6.45) is 2.00. The monoisotopic (exact) mass is 225 g/mol. The molecule has 0 amide bonds. The van der Waals surface area contributed by atoms with Gasteiger partial charge in [-0.25, -0.2) is 0 Å². The van der Waals surface area contributed by atoms with Gasteiger partial charge in [0, 0.05) is 5.54 Å². The normalized spacial score (nSPS) is 17.1. The van der Waals surface area contributed by atoms with E-state index >= 15 is 0 Å². The highest BCUT2D eigenvalue weighted by atomic mass is 16.3. The summed E-state index contributed by atoms with van der Waals surface area (Å²) in [5.41, 5.74) is -0.227. The lowest BCUT2D eigenvalue weighted by Gasteiger charge is -2.31. The molecule has 1 aromatic heterocycles. The number of furan rings is 1. The van der Waals surface area contributed by atoms with Crippen LogP contribution in [0.1, 0.15) is 51.2 Å². The fraction of sp³-hybridized carbons (Fsp3) is 0.692. The van der Waals surface area contributed by atoms with E-state index in [2.05, 4.69) is 19.2 Å². The molecule has 92 valence electrons. The molecule has 3 nitrogen and oxygen atoms in total. The van der Waals surface area contributed by atoms with Gasteiger partial charge in [-0.15, -0.1) is 0 Å². The highest BCUT2D eigenvalue weighted by molar-refractivity contribution is 5.09. The average molecular weight is 225 g/mol. The molecule has 1 rings (SSSR count). The third kappa shape index (κ3) is 3.35. The topological polar surface area (TPSA) is 45.4 Å². The third-order valence-electron chi connectivity index (χ3n) is 2.90. The van der Waals surface area contributed by atoms with Gasteiger partial charge in [0.05, 0.1) is 12.6 Å². The van der Waals surface area contributed by atoms with Gasteiger partial charge >= 0.3 is 0 Å². The minimum atomic E-state index is -0.227. The molecule has 1 aromatic rings. The number of nitrogens with one attached hydrogen (secondary N) is 1. The van der Waals surface area contributed by atoms with Gasteiger partial charge in [0.1, 0.15) is 11.5 Å². The van der Waals surface area contributed by atoms with Crippen molar-refractivity contribution in [2.75, 3.05) is 6.61 Å². The van der Waals surface area contributed by atoms with Crippen LogP contribution in [0.2, 0.25) is 0 Å². The predicted molar refractivity (Wildman–Crippen MR) is 65.4 cm³/mol. The molecular formula is C13H23NO2. The molecule has 0 radical (unpaired) electrons. The molecule has 0 spiro atoms. The van der Waals surface area contributed by atoms with E-state index in [1.165, 1.54) is 0 Å². The first-order chi connectivity index (χ1) is 7.50. The Balaban J connectivity index is 2.65. The van der Waals surface area contributed by atoms with Gasteiger partial charge in [-0.1, -0.05) is 13.3 Å². The molecule has 2 atom stereocenters. The van der Waals surface area contributed by atoms with Gasteiger partial charge in [-0.3, -0.25) is 5.32 Å². The van der Waals surface area contributed by atoms with Crippen molar-refractivity contribution in [3.05, 3.63) is 23.7 Å². The minimum Gasteiger partial charge on any atom is -0.465 e. The number of aliphatic hydroxyl groups excluding tert-OH is 1. The van der Waals surface area contributed by atoms with Crippen LogP contribution >= 0.6 is 0 Å². The quantitative estimate of drug-likeness (QED) is 0.782. The summed E-state index contributed by atoms with van der Waals surface area (Å²) in [5, 5.41) is 12.9. The Morgan fingerprint density at radius 2 is 2.19 bits per heavy atom. The Hall–Kier alpha value is -0.800. The van der Waals surface area contributed by atoms with Crippen LogP contribution in [-0.4, -0.2) is 17.3 Å². The second kappa shape index (κ2) is 5.51. The van der Waals surface area contributed by atoms with Gasteiger partial charge in [0.25, 0.3) is 0 Å². The van der Waals surface area contributed by atoms with Crippen LogP contribution in [0.15, 0.2) is 16.5 Å². The first kappa shape index (κ1) is 13.3. The van der Waals surface area contributed by atoms with Crippen LogP contribution in [0.5, 0.6) is 0 Å². The fourth-order valence-electron chi connectivity index (χ4n) is 2.03. The van der Waals surface area contributed by atoms with Crippen molar-refractivity contribution in [3.63, 3.8) is 0 Å². The zero-order chi connectivity index (χ0) is 12.2. The molecule has 2 unspecified atom stereocenters. The first-order valence-corrected chi connectivity index (χ1v) is 5.95. The van der Waals surface area contributed by atoms with E-state index in [4.69, 9.17) is 4.42 Å². The lowest BCUT2D eigenvalue weighted by molar-refractivity contribution is 0.149. The van der Waals surface area contributed by atoms with Gasteiger partial charge < -0.3 is 9.52 Å². The van der Waals surface area contributed by atoms with E-state index < -0.39 is 0 Å². The largest absolute Gasteiger partial charge is 0.465 e. The van der Waals surface area contributed by atoms with E-state index in [-0.39, 0.29) is 18.2 Å². The molecule has 0 saturated carbocycles. The number of aliphatic hydroxyl groups is 1. The maximum Gasteiger partial charge on any atom is 0.120 e. The lowest BCUT2D eigenvalue weighted by Crippen LogP contribution is -2.46. The van der Waals surface area contributed by atoms with Crippen molar-refractivity contribution in [2.45, 2.75) is 52.1 Å². The van der Waals surface area contributed by atoms with Crippen LogP contribution in [-0.2, 0) is 0 Å². The summed E-state index contributed by atoms with van der Waals surface area (Å²) >= 11 is 0. The van der Waals surface area contributed by atoms with Crippen molar-refractivity contribution in [1.29, 1.82) is 0 Å². The molecule has 0 aliphatic carbocycles. The fourth-order valence-corrected chi connectivity index (χ4v) is 2.03. The molecule has 0 fully saturated rings. The Kier molecular flexibility index (Phi) is 4.56. The van der Waals surface area contributed by atoms with Crippen molar-refractivity contribution < 1.29 is 9.52 Å². The molecular weight excluding hydrogens is 202 g/mol. The standard InChI is InChI=1S/C13H23NO2/c1-5-8-13(4,9-15)14-11(3)12-7-6-10(2)16-12/h6-7,11,14-15H,5,8-9H2,1-4H3. The molecule has 0 aliphatic heterocycles. The van der Waals surface area contributed by atoms with E-state index in [1.807, 2.05) is 26.0 Å². The van der Waals surface area contributed by atoms with Crippen LogP contribution in [0.3, 0.4) is 0 Å². The van der Waals surface area contributed by atoms with Gasteiger partial charge in [-0.05, 0) is 39.3 Å². The molecule has 16 heavy (non-hydrogen) atoms. The van der Waals surface area contributed by atoms with Crippen LogP contribution < -0.4 is 5.32 Å². The summed E-state index contributed by atoms with van der Waals surface area (Å²) in [6.45, 7) is 8.31. The Labute approximate surface area is 97.9 Å². The smallest absolute Gasteiger partial charge is 0.120 e. The van der Waals surface area contributed by atoms with Crippen molar-refractivity contribution >= 4 is 0 Å². The van der Waals surface area contributed by atoms with Crippen molar-refractivity contribution in [3.8, 4) is 0 Å². The first-order valence-electron chi connectivity index (χ1n) is 5.95. The highest BCUT2D eigenvalue weighted by Crippen LogP contribution is 2.21. The zero-order valence-corrected chi connectivity index (χ0v) is 10.7. The second-order valence-electron chi connectivity index (χ2n) is 4.78. The Bertz CT molecular complexity index is 321. The summed E-state index contributed by atoms with van der Waals surface area (Å²) in [4.78, 5) is 0. The number of aryl methyl sites for hydroxylation is 1. The summed E-state index contributed by atoms with van der Waals surface area (Å²) in [6, 6.07) is 4.07. The highest BCUT2D eigenvalue weighted by Gasteiger charge is 2.25. The van der Waals surface area contributed by atoms with Gasteiger partial charge in [0.15, 0.2) is 0 Å². The zero-order valence-electron chi connectivity index (χ0n) is 10.7. The lowest BCUT2D eigenvalue weighted by atomic mass is 9.96. The Morgan fingerprint density at radius 1 is 1.50 bits per heavy atom. The maximum atomic E-state index is 9.42. The predicted octanol–water partition coefficient (Wildman–Crippen LogP) is 2.79. The summed E-state index contributed by atoms with van der Waals surface area (Å²) in [7, 11) is 0. The molecule has 0 saturated heterocycles. The van der Waals surface area contributed by atoms with Crippen molar-refractivity contribution in [2.24, 2.45) is 0 Å². The SMILES string of the molecule is CCCC(C)(CO)NC(C)c1ccc(C)o1. The van der Waals surface area contributed by atoms with E-state index in [1.54, 1.807) is 0 Å². The number of rotatable bonds is 6. The molecule has 3 heteroatoms. The molecule has 0 aromatic carbocycles. The maximum absolute atomic E-state index is 9.42. The average Bonchev–Trinajstić information content (AvgIpc) is 2.65. The molecule has 1 heterocycles. The third-order valence-corrected chi connectivity index (χ3v) is 2.90. The Morgan fingerprint density at radius 3 is 2.62 bits per heavy atom. The van der Waals surface area contributed by atoms with Crippen LogP contribution in [0, 0.1) is 6.92 Å². The van der Waals surface area contributed by atoms with Crippen LogP contribution in [0.4, 0.5) is 0 Å². The molecule has 0 bridgehead atoms. The van der Waals surface area contributed by atoms with E-state index in [0.29, 0.717) is 0 Å². The van der Waals surface area contributed by atoms with Crippen LogP contribution in [0.25, 0.3) is 0 Å². The summed E-state index contributed by atoms with van der Waals surface area (Å²) < 4.78 is 5.57. The number of hydrogen-bond acceptors (Lipinski definition) is 3. The number of hydrogen-bond donors (Lipinski definition) is 2. The minimum absolute atomic E-state index is 0.123. The van der Waals surface area contributed by atoms with E-state index in [0.717, 1.165) is 24.4 Å².